The summed E-state index contributed by atoms with van der Waals surface area (Å²) in [6.45, 7) is 8.54. The third-order valence-corrected chi connectivity index (χ3v) is 1.89. The van der Waals surface area contributed by atoms with Gasteiger partial charge in [0.1, 0.15) is 0 Å². The summed E-state index contributed by atoms with van der Waals surface area (Å²) < 4.78 is 5.66. The molecular formula is C8H17NO. The fourth-order valence-corrected chi connectivity index (χ4v) is 1.32. The van der Waals surface area contributed by atoms with Crippen molar-refractivity contribution in [2.75, 3.05) is 13.1 Å². The van der Waals surface area contributed by atoms with E-state index in [2.05, 4.69) is 26.1 Å². The molecule has 1 fully saturated rings. The molecular weight excluding hydrogens is 126 g/mol. The average Bonchev–Trinajstić information content (AvgIpc) is 2.15. The molecule has 0 aromatic heterocycles. The molecule has 0 aliphatic carbocycles. The zero-order chi connectivity index (χ0) is 7.56. The zero-order valence-corrected chi connectivity index (χ0v) is 7.05. The van der Waals surface area contributed by atoms with Crippen LogP contribution in [-0.4, -0.2) is 25.3 Å². The minimum Gasteiger partial charge on any atom is -0.374 e. The van der Waals surface area contributed by atoms with Crippen molar-refractivity contribution in [2.24, 2.45) is 5.92 Å². The van der Waals surface area contributed by atoms with Gasteiger partial charge in [0.15, 0.2) is 0 Å². The van der Waals surface area contributed by atoms with E-state index in [0.717, 1.165) is 13.1 Å². The van der Waals surface area contributed by atoms with Crippen LogP contribution in [0.25, 0.3) is 0 Å². The average molecular weight is 143 g/mol. The Morgan fingerprint density at radius 3 is 2.50 bits per heavy atom. The molecule has 1 N–H and O–H groups in total. The molecule has 0 radical (unpaired) electrons. The highest BCUT2D eigenvalue weighted by atomic mass is 16.5. The van der Waals surface area contributed by atoms with Gasteiger partial charge in [-0.15, -0.1) is 0 Å². The Bertz CT molecular complexity index is 103. The van der Waals surface area contributed by atoms with Crippen LogP contribution in [0.2, 0.25) is 0 Å². The first-order chi connectivity index (χ1) is 4.70. The highest BCUT2D eigenvalue weighted by molar-refractivity contribution is 4.78. The highest BCUT2D eigenvalue weighted by Crippen LogP contribution is 2.13. The maximum Gasteiger partial charge on any atom is 0.0740 e. The molecule has 0 aromatic rings. The van der Waals surface area contributed by atoms with Crippen LogP contribution in [0.5, 0.6) is 0 Å². The minimum absolute atomic E-state index is 0.368. The van der Waals surface area contributed by atoms with Gasteiger partial charge < -0.3 is 10.1 Å². The first kappa shape index (κ1) is 8.02. The smallest absolute Gasteiger partial charge is 0.0740 e. The van der Waals surface area contributed by atoms with E-state index in [1.165, 1.54) is 0 Å². The molecule has 1 saturated heterocycles. The van der Waals surface area contributed by atoms with E-state index < -0.39 is 0 Å². The second-order valence-corrected chi connectivity index (χ2v) is 3.36. The van der Waals surface area contributed by atoms with Crippen LogP contribution in [0, 0.1) is 5.92 Å². The molecule has 60 valence electrons. The number of hydrogen-bond acceptors (Lipinski definition) is 2. The van der Waals surface area contributed by atoms with Gasteiger partial charge in [0.25, 0.3) is 0 Å². The lowest BCUT2D eigenvalue weighted by Gasteiger charge is -2.17. The lowest BCUT2D eigenvalue weighted by atomic mass is 10.1. The monoisotopic (exact) mass is 143 g/mol. The van der Waals surface area contributed by atoms with Gasteiger partial charge in [0.05, 0.1) is 12.2 Å². The minimum atomic E-state index is 0.368. The second kappa shape index (κ2) is 3.35. The number of rotatable bonds is 2. The maximum atomic E-state index is 5.66. The van der Waals surface area contributed by atoms with Crippen LogP contribution in [0.15, 0.2) is 0 Å². The maximum absolute atomic E-state index is 5.66. The summed E-state index contributed by atoms with van der Waals surface area (Å²) in [5.74, 6) is 0.683. The molecule has 1 heterocycles. The summed E-state index contributed by atoms with van der Waals surface area (Å²) in [5, 5.41) is 3.30. The molecule has 0 unspecified atom stereocenters. The van der Waals surface area contributed by atoms with Gasteiger partial charge in [-0.1, -0.05) is 6.92 Å². The van der Waals surface area contributed by atoms with Gasteiger partial charge in [-0.2, -0.15) is 0 Å². The Morgan fingerprint density at radius 1 is 1.40 bits per heavy atom. The number of nitrogens with one attached hydrogen (secondary N) is 1. The van der Waals surface area contributed by atoms with E-state index in [1.807, 2.05) is 0 Å². The summed E-state index contributed by atoms with van der Waals surface area (Å²) in [7, 11) is 0. The van der Waals surface area contributed by atoms with Gasteiger partial charge in [0.2, 0.25) is 0 Å². The van der Waals surface area contributed by atoms with Crippen LogP contribution >= 0.6 is 0 Å². The Hall–Kier alpha value is -0.0800. The van der Waals surface area contributed by atoms with E-state index in [4.69, 9.17) is 4.74 Å². The first-order valence-corrected chi connectivity index (χ1v) is 4.06. The molecule has 0 aromatic carbocycles. The van der Waals surface area contributed by atoms with Gasteiger partial charge in [-0.3, -0.25) is 0 Å². The summed E-state index contributed by atoms with van der Waals surface area (Å²) in [6.07, 6.45) is 0.812. The summed E-state index contributed by atoms with van der Waals surface area (Å²) in [6, 6.07) is 0. The van der Waals surface area contributed by atoms with E-state index in [1.54, 1.807) is 0 Å². The quantitative estimate of drug-likeness (QED) is 0.623. The van der Waals surface area contributed by atoms with Crippen molar-refractivity contribution in [1.29, 1.82) is 0 Å². The van der Waals surface area contributed by atoms with Gasteiger partial charge >= 0.3 is 0 Å². The molecule has 2 heteroatoms. The summed E-state index contributed by atoms with van der Waals surface area (Å²) in [4.78, 5) is 0. The van der Waals surface area contributed by atoms with Crippen LogP contribution in [0.1, 0.15) is 20.8 Å². The van der Waals surface area contributed by atoms with Crippen molar-refractivity contribution >= 4 is 0 Å². The summed E-state index contributed by atoms with van der Waals surface area (Å²) in [5.41, 5.74) is 0. The molecule has 0 bridgehead atoms. The molecule has 2 nitrogen and oxygen atoms in total. The first-order valence-electron chi connectivity index (χ1n) is 4.06. The number of ether oxygens (including phenoxy) is 1. The van der Waals surface area contributed by atoms with Gasteiger partial charge in [0, 0.05) is 13.1 Å². The fraction of sp³-hybridized carbons (Fsp3) is 1.00. The normalized spacial score (nSPS) is 33.6. The van der Waals surface area contributed by atoms with Crippen molar-refractivity contribution < 1.29 is 4.74 Å². The van der Waals surface area contributed by atoms with E-state index in [-0.39, 0.29) is 0 Å². The Morgan fingerprint density at radius 2 is 2.10 bits per heavy atom. The Labute approximate surface area is 63.0 Å². The molecule has 1 rings (SSSR count). The van der Waals surface area contributed by atoms with Crippen LogP contribution < -0.4 is 5.32 Å². The largest absolute Gasteiger partial charge is 0.374 e. The SMILES string of the molecule is CC(C)O[C@H]1CNC[C@@H]1C. The Kier molecular flexibility index (Phi) is 2.69. The standard InChI is InChI=1S/C8H17NO/c1-6(2)10-8-5-9-4-7(8)3/h6-9H,4-5H2,1-3H3/t7-,8-/m0/s1. The third kappa shape index (κ3) is 1.96. The van der Waals surface area contributed by atoms with Crippen LogP contribution in [-0.2, 0) is 4.74 Å². The molecule has 0 amide bonds. The van der Waals surface area contributed by atoms with Crippen LogP contribution in [0.4, 0.5) is 0 Å². The van der Waals surface area contributed by atoms with Crippen molar-refractivity contribution in [3.05, 3.63) is 0 Å². The highest BCUT2D eigenvalue weighted by Gasteiger charge is 2.23. The van der Waals surface area contributed by atoms with Gasteiger partial charge in [-0.25, -0.2) is 0 Å². The lowest BCUT2D eigenvalue weighted by Crippen LogP contribution is -2.24. The van der Waals surface area contributed by atoms with E-state index in [9.17, 15) is 0 Å². The van der Waals surface area contributed by atoms with Crippen LogP contribution in [0.3, 0.4) is 0 Å². The number of hydrogen-bond donors (Lipinski definition) is 1. The van der Waals surface area contributed by atoms with Crippen molar-refractivity contribution in [3.8, 4) is 0 Å². The topological polar surface area (TPSA) is 21.3 Å². The van der Waals surface area contributed by atoms with Crippen molar-refractivity contribution in [1.82, 2.24) is 5.32 Å². The molecule has 0 saturated carbocycles. The Balaban J connectivity index is 2.26. The summed E-state index contributed by atoms with van der Waals surface area (Å²) >= 11 is 0. The van der Waals surface area contributed by atoms with Crippen molar-refractivity contribution in [3.63, 3.8) is 0 Å². The third-order valence-electron chi connectivity index (χ3n) is 1.89. The van der Waals surface area contributed by atoms with Gasteiger partial charge in [-0.05, 0) is 19.8 Å². The zero-order valence-electron chi connectivity index (χ0n) is 7.05. The lowest BCUT2D eigenvalue weighted by molar-refractivity contribution is -0.000541. The molecule has 10 heavy (non-hydrogen) atoms. The second-order valence-electron chi connectivity index (χ2n) is 3.36. The molecule has 1 aliphatic heterocycles. The van der Waals surface area contributed by atoms with E-state index in [0.29, 0.717) is 18.1 Å². The predicted molar refractivity (Wildman–Crippen MR) is 42.0 cm³/mol. The molecule has 1 aliphatic rings. The fourth-order valence-electron chi connectivity index (χ4n) is 1.32. The van der Waals surface area contributed by atoms with E-state index >= 15 is 0 Å². The molecule has 0 spiro atoms. The van der Waals surface area contributed by atoms with Crippen molar-refractivity contribution in [2.45, 2.75) is 33.0 Å². The predicted octanol–water partition coefficient (Wildman–Crippen LogP) is 1.02. The molecule has 2 atom stereocenters.